The summed E-state index contributed by atoms with van der Waals surface area (Å²) < 4.78 is 13.1. The van der Waals surface area contributed by atoms with Gasteiger partial charge in [0.05, 0.1) is 0 Å². The smallest absolute Gasteiger partial charge is 0.322 e. The SMILES string of the molecule is N#CC(=O)NCCc1cc(Cl)ccc1F. The summed E-state index contributed by atoms with van der Waals surface area (Å²) in [6.07, 6.45) is 0.305. The zero-order valence-corrected chi connectivity index (χ0v) is 8.51. The largest absolute Gasteiger partial charge is 0.343 e. The Morgan fingerprint density at radius 1 is 1.60 bits per heavy atom. The highest BCUT2D eigenvalue weighted by Crippen LogP contribution is 2.14. The monoisotopic (exact) mass is 226 g/mol. The lowest BCUT2D eigenvalue weighted by Crippen LogP contribution is -2.24. The second-order valence-electron chi connectivity index (χ2n) is 2.85. The quantitative estimate of drug-likeness (QED) is 0.797. The maximum Gasteiger partial charge on any atom is 0.322 e. The van der Waals surface area contributed by atoms with Crippen molar-refractivity contribution in [2.75, 3.05) is 6.54 Å². The molecule has 5 heteroatoms. The number of hydrogen-bond donors (Lipinski definition) is 1. The van der Waals surface area contributed by atoms with Crippen molar-refractivity contribution in [3.63, 3.8) is 0 Å². The van der Waals surface area contributed by atoms with E-state index < -0.39 is 5.91 Å². The van der Waals surface area contributed by atoms with Gasteiger partial charge in [-0.25, -0.2) is 4.39 Å². The van der Waals surface area contributed by atoms with E-state index >= 15 is 0 Å². The number of nitrogens with zero attached hydrogens (tertiary/aromatic N) is 1. The van der Waals surface area contributed by atoms with Crippen LogP contribution in [0.3, 0.4) is 0 Å². The molecule has 1 N–H and O–H groups in total. The fourth-order valence-electron chi connectivity index (χ4n) is 1.09. The molecule has 1 amide bonds. The van der Waals surface area contributed by atoms with Gasteiger partial charge in [-0.1, -0.05) is 11.6 Å². The van der Waals surface area contributed by atoms with Crippen molar-refractivity contribution >= 4 is 17.5 Å². The Labute approximate surface area is 91.5 Å². The third-order valence-electron chi connectivity index (χ3n) is 1.79. The van der Waals surface area contributed by atoms with E-state index in [0.29, 0.717) is 17.0 Å². The number of amides is 1. The number of halogens is 2. The molecule has 1 aromatic carbocycles. The topological polar surface area (TPSA) is 52.9 Å². The van der Waals surface area contributed by atoms with E-state index in [1.54, 1.807) is 0 Å². The molecule has 1 rings (SSSR count). The van der Waals surface area contributed by atoms with Crippen LogP contribution < -0.4 is 5.32 Å². The third kappa shape index (κ3) is 3.56. The van der Waals surface area contributed by atoms with Crippen LogP contribution in [0.4, 0.5) is 4.39 Å². The maximum absolute atomic E-state index is 13.1. The van der Waals surface area contributed by atoms with Crippen molar-refractivity contribution in [3.05, 3.63) is 34.6 Å². The van der Waals surface area contributed by atoms with E-state index in [0.717, 1.165) is 0 Å². The lowest BCUT2D eigenvalue weighted by Gasteiger charge is -2.03. The van der Waals surface area contributed by atoms with E-state index in [4.69, 9.17) is 16.9 Å². The second-order valence-corrected chi connectivity index (χ2v) is 3.29. The first kappa shape index (κ1) is 11.5. The van der Waals surface area contributed by atoms with Gasteiger partial charge in [-0.05, 0) is 30.2 Å². The van der Waals surface area contributed by atoms with Crippen LogP contribution in [-0.2, 0) is 11.2 Å². The highest BCUT2D eigenvalue weighted by molar-refractivity contribution is 6.30. The first-order valence-corrected chi connectivity index (χ1v) is 4.63. The zero-order valence-electron chi connectivity index (χ0n) is 7.76. The molecule has 15 heavy (non-hydrogen) atoms. The molecular weight excluding hydrogens is 219 g/mol. The first-order chi connectivity index (χ1) is 7.13. The Bertz CT molecular complexity index is 414. The molecule has 0 radical (unpaired) electrons. The third-order valence-corrected chi connectivity index (χ3v) is 2.02. The van der Waals surface area contributed by atoms with Crippen LogP contribution >= 0.6 is 11.6 Å². The molecule has 1 aromatic rings. The predicted molar refractivity (Wildman–Crippen MR) is 53.7 cm³/mol. The number of rotatable bonds is 3. The first-order valence-electron chi connectivity index (χ1n) is 4.25. The Morgan fingerprint density at radius 3 is 3.00 bits per heavy atom. The summed E-state index contributed by atoms with van der Waals surface area (Å²) in [4.78, 5) is 10.6. The number of carbonyl (C=O) groups excluding carboxylic acids is 1. The minimum atomic E-state index is -0.725. The Morgan fingerprint density at radius 2 is 2.33 bits per heavy atom. The second kappa shape index (κ2) is 5.32. The van der Waals surface area contributed by atoms with Crippen molar-refractivity contribution in [2.45, 2.75) is 6.42 Å². The standard InChI is InChI=1S/C10H8ClFN2O/c11-8-1-2-9(12)7(5-8)3-4-14-10(15)6-13/h1-2,5H,3-4H2,(H,14,15). The summed E-state index contributed by atoms with van der Waals surface area (Å²) in [5.41, 5.74) is 0.417. The molecule has 0 atom stereocenters. The van der Waals surface area contributed by atoms with E-state index in [1.165, 1.54) is 24.3 Å². The van der Waals surface area contributed by atoms with Crippen molar-refractivity contribution in [2.24, 2.45) is 0 Å². The summed E-state index contributed by atoms with van der Waals surface area (Å²) >= 11 is 5.68. The zero-order chi connectivity index (χ0) is 11.3. The van der Waals surface area contributed by atoms with E-state index in [-0.39, 0.29) is 12.4 Å². The van der Waals surface area contributed by atoms with Gasteiger partial charge in [0.25, 0.3) is 0 Å². The molecule has 0 aliphatic rings. The fraction of sp³-hybridized carbons (Fsp3) is 0.200. The van der Waals surface area contributed by atoms with Gasteiger partial charge in [0.2, 0.25) is 0 Å². The predicted octanol–water partition coefficient (Wildman–Crippen LogP) is 1.66. The molecule has 3 nitrogen and oxygen atoms in total. The molecule has 78 valence electrons. The van der Waals surface area contributed by atoms with Crippen LogP contribution in [0.15, 0.2) is 18.2 Å². The van der Waals surface area contributed by atoms with Crippen LogP contribution in [0.2, 0.25) is 5.02 Å². The summed E-state index contributed by atoms with van der Waals surface area (Å²) in [5.74, 6) is -1.09. The van der Waals surface area contributed by atoms with Gasteiger partial charge in [-0.3, -0.25) is 4.79 Å². The Balaban J connectivity index is 2.54. The van der Waals surface area contributed by atoms with Crippen LogP contribution in [0.25, 0.3) is 0 Å². The molecule has 0 saturated heterocycles. The van der Waals surface area contributed by atoms with Crippen LogP contribution in [0.5, 0.6) is 0 Å². The van der Waals surface area contributed by atoms with Gasteiger partial charge in [0.1, 0.15) is 5.82 Å². The number of carbonyl (C=O) groups is 1. The van der Waals surface area contributed by atoms with Gasteiger partial charge in [0, 0.05) is 11.6 Å². The lowest BCUT2D eigenvalue weighted by atomic mass is 10.1. The van der Waals surface area contributed by atoms with E-state index in [9.17, 15) is 9.18 Å². The van der Waals surface area contributed by atoms with Gasteiger partial charge in [0.15, 0.2) is 6.07 Å². The molecular formula is C10H8ClFN2O. The summed E-state index contributed by atoms with van der Waals surface area (Å²) in [6.45, 7) is 0.212. The van der Waals surface area contributed by atoms with Gasteiger partial charge in [-0.2, -0.15) is 5.26 Å². The molecule has 0 spiro atoms. The lowest BCUT2D eigenvalue weighted by molar-refractivity contribution is -0.115. The number of hydrogen-bond acceptors (Lipinski definition) is 2. The van der Waals surface area contributed by atoms with Gasteiger partial charge >= 0.3 is 5.91 Å². The molecule has 0 aromatic heterocycles. The molecule has 0 fully saturated rings. The van der Waals surface area contributed by atoms with Crippen LogP contribution in [0.1, 0.15) is 5.56 Å². The van der Waals surface area contributed by atoms with Gasteiger partial charge in [-0.15, -0.1) is 0 Å². The Kier molecular flexibility index (Phi) is 4.07. The van der Waals surface area contributed by atoms with E-state index in [1.807, 2.05) is 0 Å². The Hall–Kier alpha value is -1.60. The minimum Gasteiger partial charge on any atom is -0.343 e. The summed E-state index contributed by atoms with van der Waals surface area (Å²) in [5, 5.41) is 10.9. The summed E-state index contributed by atoms with van der Waals surface area (Å²) in [6, 6.07) is 5.62. The van der Waals surface area contributed by atoms with Crippen molar-refractivity contribution in [3.8, 4) is 6.07 Å². The minimum absolute atomic E-state index is 0.212. The highest BCUT2D eigenvalue weighted by Gasteiger charge is 2.03. The molecule has 0 aliphatic carbocycles. The molecule has 0 heterocycles. The maximum atomic E-state index is 13.1. The normalized spacial score (nSPS) is 9.40. The van der Waals surface area contributed by atoms with E-state index in [2.05, 4.69) is 5.32 Å². The molecule has 0 saturated carbocycles. The average Bonchev–Trinajstić information content (AvgIpc) is 2.23. The molecule has 0 bridgehead atoms. The highest BCUT2D eigenvalue weighted by atomic mass is 35.5. The van der Waals surface area contributed by atoms with Gasteiger partial charge < -0.3 is 5.32 Å². The molecule has 0 unspecified atom stereocenters. The van der Waals surface area contributed by atoms with Crippen molar-refractivity contribution in [1.29, 1.82) is 5.26 Å². The number of benzene rings is 1. The molecule has 0 aliphatic heterocycles. The van der Waals surface area contributed by atoms with Crippen molar-refractivity contribution < 1.29 is 9.18 Å². The van der Waals surface area contributed by atoms with Crippen molar-refractivity contribution in [1.82, 2.24) is 5.32 Å². The van der Waals surface area contributed by atoms with Crippen LogP contribution in [0, 0.1) is 17.1 Å². The summed E-state index contributed by atoms with van der Waals surface area (Å²) in [7, 11) is 0. The fourth-order valence-corrected chi connectivity index (χ4v) is 1.28. The van der Waals surface area contributed by atoms with Crippen LogP contribution in [-0.4, -0.2) is 12.5 Å². The average molecular weight is 227 g/mol. The number of nitriles is 1. The number of nitrogens with one attached hydrogen (secondary N) is 1.